The lowest BCUT2D eigenvalue weighted by atomic mass is 10.1. The number of carbonyl (C=O) groups is 1. The van der Waals surface area contributed by atoms with Gasteiger partial charge in [0.2, 0.25) is 0 Å². The minimum Gasteiger partial charge on any atom is -0.465 e. The number of carboxylic acid groups (broad SMARTS) is 1. The van der Waals surface area contributed by atoms with Crippen molar-refractivity contribution in [3.8, 4) is 11.3 Å². The predicted octanol–water partition coefficient (Wildman–Crippen LogP) is 3.25. The third kappa shape index (κ3) is 4.12. The van der Waals surface area contributed by atoms with Crippen LogP contribution in [0.2, 0.25) is 5.02 Å². The molecule has 3 aromatic rings. The number of pyridine rings is 1. The highest BCUT2D eigenvalue weighted by Crippen LogP contribution is 2.32. The summed E-state index contributed by atoms with van der Waals surface area (Å²) >= 11 is 6.27. The topological polar surface area (TPSA) is 101 Å². The van der Waals surface area contributed by atoms with Crippen LogP contribution in [0.1, 0.15) is 5.56 Å². The summed E-state index contributed by atoms with van der Waals surface area (Å²) in [6.07, 6.45) is 3.44. The molecule has 1 aromatic carbocycles. The molecule has 0 bridgehead atoms. The molecule has 0 unspecified atom stereocenters. The van der Waals surface area contributed by atoms with Gasteiger partial charge in [-0.1, -0.05) is 29.8 Å². The average Bonchev–Trinajstić information content (AvgIpc) is 3.07. The van der Waals surface area contributed by atoms with Gasteiger partial charge >= 0.3 is 6.09 Å². The normalized spacial score (nSPS) is 11.3. The van der Waals surface area contributed by atoms with Crippen molar-refractivity contribution in [3.05, 3.63) is 71.6 Å². The summed E-state index contributed by atoms with van der Waals surface area (Å²) in [4.78, 5) is 14.6. The van der Waals surface area contributed by atoms with E-state index >= 15 is 0 Å². The van der Waals surface area contributed by atoms with Crippen LogP contribution in [0.25, 0.3) is 11.3 Å². The quantitative estimate of drug-likeness (QED) is 0.655. The van der Waals surface area contributed by atoms with Gasteiger partial charge < -0.3 is 10.4 Å². The van der Waals surface area contributed by atoms with Crippen LogP contribution in [0.4, 0.5) is 4.79 Å². The van der Waals surface area contributed by atoms with Crippen LogP contribution in [0.5, 0.6) is 0 Å². The monoisotopic (exact) mass is 405 g/mol. The smallest absolute Gasteiger partial charge is 0.404 e. The van der Waals surface area contributed by atoms with Gasteiger partial charge in [-0.25, -0.2) is 17.2 Å². The molecule has 1 amide bonds. The van der Waals surface area contributed by atoms with Crippen LogP contribution in [0.3, 0.4) is 0 Å². The standard InChI is InChI=1S/C18H16ClN3O4S/c19-16-6-2-1-5-15(16)17-10-13(7-9-21-18(23)24)12-22(17)27(25,26)14-4-3-8-20-11-14/h1-6,8,10-12,21H,7,9H2,(H,23,24). The molecule has 9 heteroatoms. The van der Waals surface area contributed by atoms with Gasteiger partial charge in [0.15, 0.2) is 0 Å². The summed E-state index contributed by atoms with van der Waals surface area (Å²) in [5.41, 5.74) is 1.62. The Kier molecular flexibility index (Phi) is 5.48. The summed E-state index contributed by atoms with van der Waals surface area (Å²) < 4.78 is 27.4. The summed E-state index contributed by atoms with van der Waals surface area (Å²) in [5, 5.41) is 11.4. The lowest BCUT2D eigenvalue weighted by molar-refractivity contribution is 0.194. The first-order valence-corrected chi connectivity index (χ1v) is 9.80. The molecule has 0 spiro atoms. The summed E-state index contributed by atoms with van der Waals surface area (Å²) in [7, 11) is -3.90. The van der Waals surface area contributed by atoms with Crippen LogP contribution in [-0.2, 0) is 16.4 Å². The van der Waals surface area contributed by atoms with E-state index in [1.807, 2.05) is 0 Å². The molecule has 27 heavy (non-hydrogen) atoms. The lowest BCUT2D eigenvalue weighted by Crippen LogP contribution is -2.23. The molecule has 7 nitrogen and oxygen atoms in total. The maximum Gasteiger partial charge on any atom is 0.404 e. The van der Waals surface area contributed by atoms with Crippen molar-refractivity contribution >= 4 is 27.7 Å². The number of halogens is 1. The number of nitrogens with zero attached hydrogens (tertiary/aromatic N) is 2. The Morgan fingerprint density at radius 1 is 1.22 bits per heavy atom. The van der Waals surface area contributed by atoms with Gasteiger partial charge in [0, 0.05) is 35.7 Å². The highest BCUT2D eigenvalue weighted by molar-refractivity contribution is 7.90. The highest BCUT2D eigenvalue weighted by Gasteiger charge is 2.23. The van der Waals surface area contributed by atoms with Crippen LogP contribution >= 0.6 is 11.6 Å². The van der Waals surface area contributed by atoms with Crippen LogP contribution in [0, 0.1) is 0 Å². The van der Waals surface area contributed by atoms with Gasteiger partial charge in [0.05, 0.1) is 5.69 Å². The first kappa shape index (κ1) is 18.9. The summed E-state index contributed by atoms with van der Waals surface area (Å²) in [5.74, 6) is 0. The third-order valence-corrected chi connectivity index (χ3v) is 5.86. The number of aromatic nitrogens is 2. The SMILES string of the molecule is O=C(O)NCCc1cc(-c2ccccc2Cl)n(S(=O)(=O)c2cccnc2)c1. The van der Waals surface area contributed by atoms with Gasteiger partial charge in [0.25, 0.3) is 10.0 Å². The van der Waals surface area contributed by atoms with E-state index in [-0.39, 0.29) is 11.4 Å². The Morgan fingerprint density at radius 2 is 2.00 bits per heavy atom. The van der Waals surface area contributed by atoms with Gasteiger partial charge in [-0.05, 0) is 36.2 Å². The number of amides is 1. The second-order valence-electron chi connectivity index (χ2n) is 5.68. The predicted molar refractivity (Wildman–Crippen MR) is 101 cm³/mol. The number of nitrogens with one attached hydrogen (secondary N) is 1. The van der Waals surface area contributed by atoms with Crippen molar-refractivity contribution in [2.24, 2.45) is 0 Å². The zero-order chi connectivity index (χ0) is 19.4. The molecule has 0 atom stereocenters. The van der Waals surface area contributed by atoms with E-state index in [4.69, 9.17) is 16.7 Å². The fraction of sp³-hybridized carbons (Fsp3) is 0.111. The summed E-state index contributed by atoms with van der Waals surface area (Å²) in [6, 6.07) is 11.6. The Labute approximate surface area is 161 Å². The molecule has 140 valence electrons. The maximum atomic E-state index is 13.1. The molecular formula is C18H16ClN3O4S. The van der Waals surface area contributed by atoms with E-state index in [9.17, 15) is 13.2 Å². The van der Waals surface area contributed by atoms with Gasteiger partial charge in [0.1, 0.15) is 4.90 Å². The molecule has 2 N–H and O–H groups in total. The maximum absolute atomic E-state index is 13.1. The first-order chi connectivity index (χ1) is 12.9. The molecule has 0 saturated carbocycles. The second kappa shape index (κ2) is 7.81. The molecule has 0 fully saturated rings. The van der Waals surface area contributed by atoms with Crippen molar-refractivity contribution in [2.75, 3.05) is 6.54 Å². The zero-order valence-corrected chi connectivity index (χ0v) is 15.6. The van der Waals surface area contributed by atoms with E-state index in [1.165, 1.54) is 24.7 Å². The Hall–Kier alpha value is -2.84. The van der Waals surface area contributed by atoms with Crippen LogP contribution in [0.15, 0.2) is 66.0 Å². The Bertz CT molecular complexity index is 1070. The van der Waals surface area contributed by atoms with Gasteiger partial charge in [-0.15, -0.1) is 0 Å². The number of rotatable bonds is 6. The molecule has 0 radical (unpaired) electrons. The Balaban J connectivity index is 2.10. The molecule has 2 aromatic heterocycles. The van der Waals surface area contributed by atoms with Crippen molar-refractivity contribution in [1.82, 2.24) is 14.3 Å². The fourth-order valence-electron chi connectivity index (χ4n) is 2.62. The molecule has 0 aliphatic rings. The fourth-order valence-corrected chi connectivity index (χ4v) is 4.21. The molecule has 3 rings (SSSR count). The van der Waals surface area contributed by atoms with E-state index in [0.717, 1.165) is 3.97 Å². The van der Waals surface area contributed by atoms with Crippen LogP contribution < -0.4 is 5.32 Å². The van der Waals surface area contributed by atoms with Gasteiger partial charge in [-0.2, -0.15) is 0 Å². The number of hydrogen-bond acceptors (Lipinski definition) is 4. The van der Waals surface area contributed by atoms with Crippen molar-refractivity contribution in [1.29, 1.82) is 0 Å². The molecule has 0 aliphatic carbocycles. The Morgan fingerprint density at radius 3 is 2.67 bits per heavy atom. The van der Waals surface area contributed by atoms with E-state index in [1.54, 1.807) is 36.4 Å². The highest BCUT2D eigenvalue weighted by atomic mass is 35.5. The average molecular weight is 406 g/mol. The second-order valence-corrected chi connectivity index (χ2v) is 7.91. The molecule has 0 saturated heterocycles. The zero-order valence-electron chi connectivity index (χ0n) is 14.0. The first-order valence-electron chi connectivity index (χ1n) is 7.98. The summed E-state index contributed by atoms with van der Waals surface area (Å²) in [6.45, 7) is 0.161. The van der Waals surface area contributed by atoms with Crippen LogP contribution in [-0.4, -0.2) is 35.1 Å². The van der Waals surface area contributed by atoms with Crippen molar-refractivity contribution in [3.63, 3.8) is 0 Å². The van der Waals surface area contributed by atoms with E-state index < -0.39 is 16.1 Å². The number of benzene rings is 1. The van der Waals surface area contributed by atoms with E-state index in [0.29, 0.717) is 28.3 Å². The largest absolute Gasteiger partial charge is 0.465 e. The molecule has 0 aliphatic heterocycles. The lowest BCUT2D eigenvalue weighted by Gasteiger charge is -2.11. The minimum atomic E-state index is -3.90. The molecule has 2 heterocycles. The van der Waals surface area contributed by atoms with E-state index in [2.05, 4.69) is 10.3 Å². The molecular weight excluding hydrogens is 390 g/mol. The number of hydrogen-bond donors (Lipinski definition) is 2. The van der Waals surface area contributed by atoms with Crippen molar-refractivity contribution < 1.29 is 18.3 Å². The minimum absolute atomic E-state index is 0.0455. The third-order valence-electron chi connectivity index (χ3n) is 3.87. The van der Waals surface area contributed by atoms with Crippen molar-refractivity contribution in [2.45, 2.75) is 11.3 Å². The van der Waals surface area contributed by atoms with Gasteiger partial charge in [-0.3, -0.25) is 4.98 Å².